The topological polar surface area (TPSA) is 58.6 Å². The number of nitrogens with zero attached hydrogens (tertiary/aromatic N) is 4. The van der Waals surface area contributed by atoms with Gasteiger partial charge in [0.1, 0.15) is 6.61 Å². The molecule has 0 spiro atoms. The Hall–Kier alpha value is -2.13. The Morgan fingerprint density at radius 3 is 2.57 bits per heavy atom. The summed E-state index contributed by atoms with van der Waals surface area (Å²) in [7, 11) is 0. The van der Waals surface area contributed by atoms with Gasteiger partial charge < -0.3 is 14.5 Å². The van der Waals surface area contributed by atoms with E-state index >= 15 is 0 Å². The molecule has 2 aliphatic rings. The zero-order valence-corrected chi connectivity index (χ0v) is 13.3. The monoisotopic (exact) mass is 314 g/mol. The molecule has 6 nitrogen and oxygen atoms in total. The number of likely N-dealkylation sites (tertiary alicyclic amines) is 1. The predicted octanol–water partition coefficient (Wildman–Crippen LogP) is 1.33. The standard InChI is InChI=1S/C17H22N4O2/c1-2-13-23-14-7-11-21(12-8-14)17(22)15-5-6-16(19-18-15)20-9-3-4-10-20/h1,5-6,14H,3-4,7-13H2. The van der Waals surface area contributed by atoms with Crippen LogP contribution in [0.25, 0.3) is 0 Å². The number of amides is 1. The smallest absolute Gasteiger partial charge is 0.274 e. The van der Waals surface area contributed by atoms with Gasteiger partial charge >= 0.3 is 0 Å². The third kappa shape index (κ3) is 3.80. The van der Waals surface area contributed by atoms with Crippen molar-refractivity contribution in [1.82, 2.24) is 15.1 Å². The lowest BCUT2D eigenvalue weighted by molar-refractivity contribution is 0.0228. The molecule has 6 heteroatoms. The van der Waals surface area contributed by atoms with E-state index in [1.54, 1.807) is 6.07 Å². The van der Waals surface area contributed by atoms with Crippen molar-refractivity contribution in [2.24, 2.45) is 0 Å². The summed E-state index contributed by atoms with van der Waals surface area (Å²) in [6.45, 7) is 3.72. The Bertz CT molecular complexity index is 567. The van der Waals surface area contributed by atoms with Crippen LogP contribution in [0.3, 0.4) is 0 Å². The van der Waals surface area contributed by atoms with E-state index in [1.807, 2.05) is 11.0 Å². The van der Waals surface area contributed by atoms with Gasteiger partial charge in [-0.1, -0.05) is 5.92 Å². The summed E-state index contributed by atoms with van der Waals surface area (Å²) in [5.74, 6) is 3.28. The molecule has 2 saturated heterocycles. The fourth-order valence-electron chi connectivity index (χ4n) is 3.11. The van der Waals surface area contributed by atoms with Crippen LogP contribution in [0.15, 0.2) is 12.1 Å². The number of hydrogen-bond acceptors (Lipinski definition) is 5. The van der Waals surface area contributed by atoms with E-state index in [0.717, 1.165) is 31.7 Å². The van der Waals surface area contributed by atoms with Gasteiger partial charge in [-0.25, -0.2) is 0 Å². The van der Waals surface area contributed by atoms with Crippen LogP contribution in [0.4, 0.5) is 5.82 Å². The van der Waals surface area contributed by atoms with Crippen LogP contribution < -0.4 is 4.90 Å². The molecule has 0 aromatic carbocycles. The molecule has 1 amide bonds. The second-order valence-corrected chi connectivity index (χ2v) is 5.98. The number of aromatic nitrogens is 2. The highest BCUT2D eigenvalue weighted by atomic mass is 16.5. The lowest BCUT2D eigenvalue weighted by atomic mass is 10.1. The number of ether oxygens (including phenoxy) is 1. The van der Waals surface area contributed by atoms with Crippen LogP contribution in [0.1, 0.15) is 36.2 Å². The molecule has 2 fully saturated rings. The summed E-state index contributed by atoms with van der Waals surface area (Å²) in [6.07, 6.45) is 9.36. The normalized spacial score (nSPS) is 18.9. The first-order chi connectivity index (χ1) is 11.3. The van der Waals surface area contributed by atoms with E-state index in [0.29, 0.717) is 25.4 Å². The third-order valence-electron chi connectivity index (χ3n) is 4.43. The molecule has 0 unspecified atom stereocenters. The molecule has 2 aliphatic heterocycles. The predicted molar refractivity (Wildman–Crippen MR) is 87.2 cm³/mol. The molecule has 23 heavy (non-hydrogen) atoms. The van der Waals surface area contributed by atoms with Gasteiger partial charge in [0.2, 0.25) is 0 Å². The van der Waals surface area contributed by atoms with Gasteiger partial charge in [-0.2, -0.15) is 0 Å². The number of piperidine rings is 1. The molecular weight excluding hydrogens is 292 g/mol. The van der Waals surface area contributed by atoms with Gasteiger partial charge in [0.25, 0.3) is 5.91 Å². The fraction of sp³-hybridized carbons (Fsp3) is 0.588. The summed E-state index contributed by atoms with van der Waals surface area (Å²) in [6, 6.07) is 3.68. The summed E-state index contributed by atoms with van der Waals surface area (Å²) in [5, 5.41) is 8.34. The van der Waals surface area contributed by atoms with Gasteiger partial charge in [-0.15, -0.1) is 16.6 Å². The quantitative estimate of drug-likeness (QED) is 0.785. The molecule has 3 heterocycles. The minimum atomic E-state index is -0.0547. The van der Waals surface area contributed by atoms with E-state index in [9.17, 15) is 4.79 Å². The molecule has 0 saturated carbocycles. The van der Waals surface area contributed by atoms with E-state index in [1.165, 1.54) is 12.8 Å². The average molecular weight is 314 g/mol. The van der Waals surface area contributed by atoms with Crippen LogP contribution in [-0.2, 0) is 4.74 Å². The van der Waals surface area contributed by atoms with Gasteiger partial charge in [-0.05, 0) is 37.8 Å². The second kappa shape index (κ2) is 7.42. The highest BCUT2D eigenvalue weighted by Gasteiger charge is 2.25. The Labute approximate surface area is 136 Å². The van der Waals surface area contributed by atoms with E-state index < -0.39 is 0 Å². The molecular formula is C17H22N4O2. The third-order valence-corrected chi connectivity index (χ3v) is 4.43. The van der Waals surface area contributed by atoms with Crippen molar-refractivity contribution in [3.8, 4) is 12.3 Å². The average Bonchev–Trinajstić information content (AvgIpc) is 3.14. The first-order valence-corrected chi connectivity index (χ1v) is 8.21. The Balaban J connectivity index is 1.55. The number of terminal acetylenes is 1. The SMILES string of the molecule is C#CCOC1CCN(C(=O)c2ccc(N3CCCC3)nn2)CC1. The summed E-state index contributed by atoms with van der Waals surface area (Å²) < 4.78 is 5.53. The summed E-state index contributed by atoms with van der Waals surface area (Å²) in [5.41, 5.74) is 0.413. The van der Waals surface area contributed by atoms with Gasteiger partial charge in [0.15, 0.2) is 11.5 Å². The molecule has 0 aliphatic carbocycles. The highest BCUT2D eigenvalue weighted by molar-refractivity contribution is 5.92. The number of rotatable bonds is 4. The van der Waals surface area contributed by atoms with Crippen LogP contribution in [-0.4, -0.2) is 59.9 Å². The lowest BCUT2D eigenvalue weighted by Crippen LogP contribution is -2.41. The Kier molecular flexibility index (Phi) is 5.09. The van der Waals surface area contributed by atoms with Crippen molar-refractivity contribution in [1.29, 1.82) is 0 Å². The van der Waals surface area contributed by atoms with Crippen LogP contribution >= 0.6 is 0 Å². The fourth-order valence-corrected chi connectivity index (χ4v) is 3.11. The molecule has 0 radical (unpaired) electrons. The number of carbonyl (C=O) groups excluding carboxylic acids is 1. The van der Waals surface area contributed by atoms with E-state index in [4.69, 9.17) is 11.2 Å². The minimum absolute atomic E-state index is 0.0547. The number of carbonyl (C=O) groups is 1. The molecule has 0 atom stereocenters. The van der Waals surface area contributed by atoms with Gasteiger partial charge in [-0.3, -0.25) is 4.79 Å². The van der Waals surface area contributed by atoms with Crippen molar-refractivity contribution < 1.29 is 9.53 Å². The van der Waals surface area contributed by atoms with Crippen LogP contribution in [0.5, 0.6) is 0 Å². The van der Waals surface area contributed by atoms with Crippen molar-refractivity contribution >= 4 is 11.7 Å². The molecule has 122 valence electrons. The van der Waals surface area contributed by atoms with Crippen molar-refractivity contribution in [2.45, 2.75) is 31.8 Å². The van der Waals surface area contributed by atoms with E-state index in [-0.39, 0.29) is 12.0 Å². The first kappa shape index (κ1) is 15.8. The second-order valence-electron chi connectivity index (χ2n) is 5.98. The highest BCUT2D eigenvalue weighted by Crippen LogP contribution is 2.18. The Morgan fingerprint density at radius 2 is 1.96 bits per heavy atom. The lowest BCUT2D eigenvalue weighted by Gasteiger charge is -2.31. The molecule has 1 aromatic heterocycles. The van der Waals surface area contributed by atoms with Gasteiger partial charge in [0, 0.05) is 26.2 Å². The maximum absolute atomic E-state index is 12.5. The number of hydrogen-bond donors (Lipinski definition) is 0. The largest absolute Gasteiger partial charge is 0.365 e. The van der Waals surface area contributed by atoms with Crippen molar-refractivity contribution in [3.63, 3.8) is 0 Å². The maximum Gasteiger partial charge on any atom is 0.274 e. The Morgan fingerprint density at radius 1 is 1.22 bits per heavy atom. The van der Waals surface area contributed by atoms with Gasteiger partial charge in [0.05, 0.1) is 6.10 Å². The van der Waals surface area contributed by atoms with Crippen LogP contribution in [0.2, 0.25) is 0 Å². The first-order valence-electron chi connectivity index (χ1n) is 8.21. The molecule has 0 bridgehead atoms. The van der Waals surface area contributed by atoms with E-state index in [2.05, 4.69) is 21.0 Å². The minimum Gasteiger partial charge on any atom is -0.365 e. The van der Waals surface area contributed by atoms with Crippen molar-refractivity contribution in [2.75, 3.05) is 37.7 Å². The molecule has 0 N–H and O–H groups in total. The number of anilines is 1. The summed E-state index contributed by atoms with van der Waals surface area (Å²) in [4.78, 5) is 16.5. The zero-order chi connectivity index (χ0) is 16.1. The zero-order valence-electron chi connectivity index (χ0n) is 13.3. The molecule has 1 aromatic rings. The summed E-state index contributed by atoms with van der Waals surface area (Å²) >= 11 is 0. The molecule has 3 rings (SSSR count). The maximum atomic E-state index is 12.5. The van der Waals surface area contributed by atoms with Crippen molar-refractivity contribution in [3.05, 3.63) is 17.8 Å². The van der Waals surface area contributed by atoms with Crippen LogP contribution in [0, 0.1) is 12.3 Å².